The summed E-state index contributed by atoms with van der Waals surface area (Å²) in [4.78, 5) is 3.03. The molecule has 0 saturated carbocycles. The lowest BCUT2D eigenvalue weighted by Gasteiger charge is -2.36. The first kappa shape index (κ1) is 10.9. The maximum Gasteiger partial charge on any atom is 0.136 e. The van der Waals surface area contributed by atoms with Gasteiger partial charge in [-0.15, -0.1) is 11.8 Å². The molecule has 0 unspecified atom stereocenters. The molecule has 0 aliphatic carbocycles. The van der Waals surface area contributed by atoms with Crippen LogP contribution in [0, 0.1) is 5.82 Å². The average molecular weight is 226 g/mol. The smallest absolute Gasteiger partial charge is 0.136 e. The van der Waals surface area contributed by atoms with E-state index in [1.165, 1.54) is 6.07 Å². The highest BCUT2D eigenvalue weighted by Gasteiger charge is 2.21. The summed E-state index contributed by atoms with van der Waals surface area (Å²) in [6.45, 7) is 2.96. The summed E-state index contributed by atoms with van der Waals surface area (Å²) in [5, 5.41) is 0. The van der Waals surface area contributed by atoms with Gasteiger partial charge in [0.05, 0.1) is 0 Å². The maximum absolute atomic E-state index is 13.2. The van der Waals surface area contributed by atoms with Crippen LogP contribution in [0.3, 0.4) is 0 Å². The van der Waals surface area contributed by atoms with E-state index in [4.69, 9.17) is 5.73 Å². The Kier molecular flexibility index (Phi) is 3.61. The van der Waals surface area contributed by atoms with Crippen molar-refractivity contribution in [2.45, 2.75) is 10.9 Å². The Morgan fingerprint density at radius 2 is 2.13 bits per heavy atom. The second kappa shape index (κ2) is 4.96. The molecule has 0 radical (unpaired) electrons. The van der Waals surface area contributed by atoms with E-state index in [2.05, 4.69) is 4.90 Å². The summed E-state index contributed by atoms with van der Waals surface area (Å²) in [6, 6.07) is 7.26. The Labute approximate surface area is 93.6 Å². The first-order chi connectivity index (χ1) is 7.25. The number of thioether (sulfide) groups is 1. The molecule has 0 amide bonds. The summed E-state index contributed by atoms with van der Waals surface area (Å²) in [5.74, 6) is 0.802. The number of halogens is 1. The van der Waals surface area contributed by atoms with E-state index in [1.54, 1.807) is 17.8 Å². The van der Waals surface area contributed by atoms with Crippen molar-refractivity contribution in [2.75, 3.05) is 25.4 Å². The zero-order valence-corrected chi connectivity index (χ0v) is 9.34. The van der Waals surface area contributed by atoms with Gasteiger partial charge in [-0.2, -0.15) is 0 Å². The van der Waals surface area contributed by atoms with Crippen molar-refractivity contribution in [1.29, 1.82) is 0 Å². The van der Waals surface area contributed by atoms with Crippen molar-refractivity contribution in [3.63, 3.8) is 0 Å². The molecule has 0 atom stereocenters. The minimum atomic E-state index is -0.122. The third-order valence-corrected chi connectivity index (χ3v) is 3.52. The molecule has 1 aromatic carbocycles. The lowest BCUT2D eigenvalue weighted by atomic mass is 10.1. The number of likely N-dealkylation sites (tertiary alicyclic amines) is 1. The fourth-order valence-corrected chi connectivity index (χ4v) is 2.59. The lowest BCUT2D eigenvalue weighted by Crippen LogP contribution is -2.56. The molecule has 1 aliphatic rings. The molecule has 0 aromatic heterocycles. The molecule has 1 fully saturated rings. The van der Waals surface area contributed by atoms with Crippen molar-refractivity contribution >= 4 is 11.8 Å². The van der Waals surface area contributed by atoms with Gasteiger partial charge in [0.2, 0.25) is 0 Å². The third-order valence-electron chi connectivity index (χ3n) is 2.49. The summed E-state index contributed by atoms with van der Waals surface area (Å²) < 4.78 is 13.2. The van der Waals surface area contributed by atoms with Crippen LogP contribution in [0.1, 0.15) is 0 Å². The zero-order chi connectivity index (χ0) is 10.7. The highest BCUT2D eigenvalue weighted by Crippen LogP contribution is 2.21. The molecular weight excluding hydrogens is 211 g/mol. The summed E-state index contributed by atoms with van der Waals surface area (Å²) in [7, 11) is 0. The third kappa shape index (κ3) is 2.93. The molecule has 0 bridgehead atoms. The molecule has 2 rings (SSSR count). The SMILES string of the molecule is NC1CN(CCSc2ccccc2F)C1. The quantitative estimate of drug-likeness (QED) is 0.790. The molecule has 1 aromatic rings. The van der Waals surface area contributed by atoms with Crippen molar-refractivity contribution in [3.05, 3.63) is 30.1 Å². The number of nitrogens with zero attached hydrogens (tertiary/aromatic N) is 1. The Morgan fingerprint density at radius 3 is 2.80 bits per heavy atom. The molecule has 2 nitrogen and oxygen atoms in total. The fraction of sp³-hybridized carbons (Fsp3) is 0.455. The van der Waals surface area contributed by atoms with E-state index in [-0.39, 0.29) is 5.82 Å². The van der Waals surface area contributed by atoms with Gasteiger partial charge in [-0.25, -0.2) is 4.39 Å². The van der Waals surface area contributed by atoms with Crippen LogP contribution < -0.4 is 5.73 Å². The van der Waals surface area contributed by atoms with Gasteiger partial charge in [-0.1, -0.05) is 12.1 Å². The van der Waals surface area contributed by atoms with Crippen LogP contribution >= 0.6 is 11.8 Å². The molecule has 15 heavy (non-hydrogen) atoms. The molecule has 82 valence electrons. The van der Waals surface area contributed by atoms with Crippen LogP contribution in [0.15, 0.2) is 29.2 Å². The largest absolute Gasteiger partial charge is 0.325 e. The van der Waals surface area contributed by atoms with E-state index < -0.39 is 0 Å². The minimum Gasteiger partial charge on any atom is -0.325 e. The van der Waals surface area contributed by atoms with Gasteiger partial charge in [0.1, 0.15) is 5.82 Å². The van der Waals surface area contributed by atoms with Gasteiger partial charge in [0.15, 0.2) is 0 Å². The van der Waals surface area contributed by atoms with Crippen LogP contribution in [0.2, 0.25) is 0 Å². The van der Waals surface area contributed by atoms with Crippen LogP contribution in [-0.2, 0) is 0 Å². The van der Waals surface area contributed by atoms with Crippen molar-refractivity contribution in [1.82, 2.24) is 4.90 Å². The van der Waals surface area contributed by atoms with Gasteiger partial charge in [0, 0.05) is 36.3 Å². The molecule has 0 spiro atoms. The van der Waals surface area contributed by atoms with E-state index >= 15 is 0 Å². The predicted molar refractivity (Wildman–Crippen MR) is 61.5 cm³/mol. The second-order valence-corrected chi connectivity index (χ2v) is 4.94. The molecule has 4 heteroatoms. The zero-order valence-electron chi connectivity index (χ0n) is 8.53. The van der Waals surface area contributed by atoms with Crippen molar-refractivity contribution < 1.29 is 4.39 Å². The predicted octanol–water partition coefficient (Wildman–Crippen LogP) is 1.56. The first-order valence-corrected chi connectivity index (χ1v) is 6.09. The Morgan fingerprint density at radius 1 is 1.40 bits per heavy atom. The van der Waals surface area contributed by atoms with Crippen LogP contribution in [0.25, 0.3) is 0 Å². The first-order valence-electron chi connectivity index (χ1n) is 5.11. The van der Waals surface area contributed by atoms with Gasteiger partial charge >= 0.3 is 0 Å². The topological polar surface area (TPSA) is 29.3 Å². The highest BCUT2D eigenvalue weighted by atomic mass is 32.2. The van der Waals surface area contributed by atoms with E-state index in [1.807, 2.05) is 12.1 Å². The Bertz CT molecular complexity index is 326. The average Bonchev–Trinajstić information content (AvgIpc) is 2.18. The minimum absolute atomic E-state index is 0.122. The molecule has 1 saturated heterocycles. The number of rotatable bonds is 4. The summed E-state index contributed by atoms with van der Waals surface area (Å²) in [6.07, 6.45) is 0. The number of hydrogen-bond donors (Lipinski definition) is 1. The fourth-order valence-electron chi connectivity index (χ4n) is 1.64. The number of hydrogen-bond acceptors (Lipinski definition) is 3. The van der Waals surface area contributed by atoms with Crippen LogP contribution in [-0.4, -0.2) is 36.3 Å². The highest BCUT2D eigenvalue weighted by molar-refractivity contribution is 7.99. The second-order valence-electron chi connectivity index (χ2n) is 3.80. The summed E-state index contributed by atoms with van der Waals surface area (Å²) in [5.41, 5.74) is 5.67. The van der Waals surface area contributed by atoms with Gasteiger partial charge in [-0.05, 0) is 12.1 Å². The summed E-state index contributed by atoms with van der Waals surface area (Å²) >= 11 is 1.57. The maximum atomic E-state index is 13.2. The molecule has 2 N–H and O–H groups in total. The van der Waals surface area contributed by atoms with Crippen molar-refractivity contribution in [3.8, 4) is 0 Å². The number of benzene rings is 1. The monoisotopic (exact) mass is 226 g/mol. The standard InChI is InChI=1S/C11H15FN2S/c12-10-3-1-2-4-11(10)15-6-5-14-7-9(13)8-14/h1-4,9H,5-8,13H2. The lowest BCUT2D eigenvalue weighted by molar-refractivity contribution is 0.161. The number of nitrogens with two attached hydrogens (primary N) is 1. The molecular formula is C11H15FN2S. The van der Waals surface area contributed by atoms with Gasteiger partial charge in [0.25, 0.3) is 0 Å². The van der Waals surface area contributed by atoms with Gasteiger partial charge < -0.3 is 5.73 Å². The normalized spacial score (nSPS) is 17.7. The van der Waals surface area contributed by atoms with Crippen LogP contribution in [0.4, 0.5) is 4.39 Å². The Balaban J connectivity index is 1.72. The van der Waals surface area contributed by atoms with Gasteiger partial charge in [-0.3, -0.25) is 4.90 Å². The van der Waals surface area contributed by atoms with Crippen LogP contribution in [0.5, 0.6) is 0 Å². The van der Waals surface area contributed by atoms with E-state index in [0.29, 0.717) is 6.04 Å². The molecule has 1 aliphatic heterocycles. The Hall–Kier alpha value is -0.580. The van der Waals surface area contributed by atoms with E-state index in [0.717, 1.165) is 30.3 Å². The van der Waals surface area contributed by atoms with Crippen molar-refractivity contribution in [2.24, 2.45) is 5.73 Å². The van der Waals surface area contributed by atoms with E-state index in [9.17, 15) is 4.39 Å². The molecule has 1 heterocycles.